The Labute approximate surface area is 123 Å². The lowest BCUT2D eigenvalue weighted by Gasteiger charge is -2.21. The normalized spacial score (nSPS) is 18.9. The number of rotatable bonds is 5. The topological polar surface area (TPSA) is 89.9 Å². The molecule has 3 N–H and O–H groups in total. The van der Waals surface area contributed by atoms with Gasteiger partial charge in [0.25, 0.3) is 0 Å². The van der Waals surface area contributed by atoms with Gasteiger partial charge in [-0.05, 0) is 42.0 Å². The van der Waals surface area contributed by atoms with Crippen molar-refractivity contribution >= 4 is 17.7 Å². The standard InChI is InChI=1S/C15H20N2O4/c1-15(2)7-10(15)8-16-14(21)17(9-13(19)20)11-3-5-12(18)6-4-11/h3-6,10,18H,7-9H2,1-2H3,(H,16,21)(H,19,20). The van der Waals surface area contributed by atoms with Crippen molar-refractivity contribution in [1.29, 1.82) is 0 Å². The highest BCUT2D eigenvalue weighted by Gasteiger charge is 2.45. The number of carboxylic acid groups (broad SMARTS) is 1. The number of carboxylic acids is 1. The number of benzene rings is 1. The molecule has 0 heterocycles. The Balaban J connectivity index is 2.03. The molecule has 1 aromatic carbocycles. The molecule has 6 nitrogen and oxygen atoms in total. The van der Waals surface area contributed by atoms with Crippen LogP contribution in [0.4, 0.5) is 10.5 Å². The van der Waals surface area contributed by atoms with Crippen molar-refractivity contribution in [2.24, 2.45) is 11.3 Å². The molecule has 6 heteroatoms. The lowest BCUT2D eigenvalue weighted by molar-refractivity contribution is -0.135. The number of carbonyl (C=O) groups is 2. The summed E-state index contributed by atoms with van der Waals surface area (Å²) in [5, 5.41) is 21.0. The number of anilines is 1. The largest absolute Gasteiger partial charge is 0.508 e. The van der Waals surface area contributed by atoms with Gasteiger partial charge in [0, 0.05) is 12.2 Å². The second-order valence-electron chi connectivity index (χ2n) is 6.07. The summed E-state index contributed by atoms with van der Waals surface area (Å²) in [4.78, 5) is 24.3. The fourth-order valence-electron chi connectivity index (χ4n) is 2.28. The molecule has 0 spiro atoms. The summed E-state index contributed by atoms with van der Waals surface area (Å²) in [5.74, 6) is -0.591. The maximum absolute atomic E-state index is 12.2. The van der Waals surface area contributed by atoms with Crippen molar-refractivity contribution in [1.82, 2.24) is 5.32 Å². The Hall–Kier alpha value is -2.24. The minimum Gasteiger partial charge on any atom is -0.508 e. The number of nitrogens with zero attached hydrogens (tertiary/aromatic N) is 1. The van der Waals surface area contributed by atoms with Gasteiger partial charge in [-0.3, -0.25) is 9.69 Å². The molecule has 1 fully saturated rings. The predicted molar refractivity (Wildman–Crippen MR) is 78.4 cm³/mol. The van der Waals surface area contributed by atoms with E-state index < -0.39 is 18.5 Å². The molecule has 21 heavy (non-hydrogen) atoms. The fraction of sp³-hybridized carbons (Fsp3) is 0.467. The van der Waals surface area contributed by atoms with E-state index in [4.69, 9.17) is 5.11 Å². The minimum atomic E-state index is -1.09. The van der Waals surface area contributed by atoms with Gasteiger partial charge in [0.15, 0.2) is 0 Å². The number of urea groups is 1. The number of aliphatic carboxylic acids is 1. The molecule has 1 unspecified atom stereocenters. The summed E-state index contributed by atoms with van der Waals surface area (Å²) < 4.78 is 0. The van der Waals surface area contributed by atoms with E-state index >= 15 is 0 Å². The number of hydrogen-bond acceptors (Lipinski definition) is 3. The van der Waals surface area contributed by atoms with E-state index in [-0.39, 0.29) is 11.2 Å². The quantitative estimate of drug-likeness (QED) is 0.774. The molecule has 1 aliphatic carbocycles. The Bertz CT molecular complexity index is 539. The molecule has 2 amide bonds. The van der Waals surface area contributed by atoms with Gasteiger partial charge in [0.2, 0.25) is 0 Å². The Morgan fingerprint density at radius 2 is 1.90 bits per heavy atom. The Kier molecular flexibility index (Phi) is 4.06. The van der Waals surface area contributed by atoms with Crippen molar-refractivity contribution in [2.45, 2.75) is 20.3 Å². The maximum Gasteiger partial charge on any atom is 0.323 e. The van der Waals surface area contributed by atoms with Gasteiger partial charge in [-0.25, -0.2) is 4.79 Å². The third-order valence-corrected chi connectivity index (χ3v) is 3.92. The molecule has 0 bridgehead atoms. The van der Waals surface area contributed by atoms with Crippen LogP contribution in [-0.4, -0.2) is 35.3 Å². The second-order valence-corrected chi connectivity index (χ2v) is 6.07. The van der Waals surface area contributed by atoms with Gasteiger partial charge < -0.3 is 15.5 Å². The number of aromatic hydroxyl groups is 1. The highest BCUT2D eigenvalue weighted by Crippen LogP contribution is 2.50. The number of hydrogen-bond donors (Lipinski definition) is 3. The van der Waals surface area contributed by atoms with Crippen molar-refractivity contribution in [3.8, 4) is 5.75 Å². The Morgan fingerprint density at radius 3 is 2.38 bits per heavy atom. The maximum atomic E-state index is 12.2. The van der Waals surface area contributed by atoms with Crippen LogP contribution in [0.5, 0.6) is 5.75 Å². The molecule has 0 aromatic heterocycles. The number of phenols is 1. The van der Waals surface area contributed by atoms with Crippen LogP contribution < -0.4 is 10.2 Å². The molecule has 1 aliphatic rings. The van der Waals surface area contributed by atoms with Crippen molar-refractivity contribution in [3.63, 3.8) is 0 Å². The third-order valence-electron chi connectivity index (χ3n) is 3.92. The first kappa shape index (κ1) is 15.2. The third kappa shape index (κ3) is 3.87. The highest BCUT2D eigenvalue weighted by molar-refractivity contribution is 5.96. The van der Waals surface area contributed by atoms with Gasteiger partial charge >= 0.3 is 12.0 Å². The summed E-state index contributed by atoms with van der Waals surface area (Å²) >= 11 is 0. The fourth-order valence-corrected chi connectivity index (χ4v) is 2.28. The molecule has 0 saturated heterocycles. The van der Waals surface area contributed by atoms with E-state index in [1.807, 2.05) is 0 Å². The smallest absolute Gasteiger partial charge is 0.323 e. The summed E-state index contributed by atoms with van der Waals surface area (Å²) in [6.45, 7) is 4.39. The van der Waals surface area contributed by atoms with Crippen LogP contribution in [0.25, 0.3) is 0 Å². The van der Waals surface area contributed by atoms with Crippen molar-refractivity contribution in [2.75, 3.05) is 18.0 Å². The summed E-state index contributed by atoms with van der Waals surface area (Å²) in [6.07, 6.45) is 1.06. The summed E-state index contributed by atoms with van der Waals surface area (Å²) in [5.41, 5.74) is 0.687. The number of amides is 2. The monoisotopic (exact) mass is 292 g/mol. The summed E-state index contributed by atoms with van der Waals surface area (Å²) in [7, 11) is 0. The lowest BCUT2D eigenvalue weighted by Crippen LogP contribution is -2.43. The van der Waals surface area contributed by atoms with Crippen molar-refractivity contribution in [3.05, 3.63) is 24.3 Å². The average molecular weight is 292 g/mol. The zero-order valence-electron chi connectivity index (χ0n) is 12.2. The zero-order chi connectivity index (χ0) is 15.6. The highest BCUT2D eigenvalue weighted by atomic mass is 16.4. The van der Waals surface area contributed by atoms with Crippen LogP contribution in [0.15, 0.2) is 24.3 Å². The predicted octanol–water partition coefficient (Wildman–Crippen LogP) is 2.04. The molecular formula is C15H20N2O4. The zero-order valence-corrected chi connectivity index (χ0v) is 12.2. The molecule has 1 aromatic rings. The van der Waals surface area contributed by atoms with Crippen LogP contribution >= 0.6 is 0 Å². The molecule has 2 rings (SSSR count). The van der Waals surface area contributed by atoms with Gasteiger partial charge in [0.1, 0.15) is 12.3 Å². The molecule has 0 radical (unpaired) electrons. The second kappa shape index (κ2) is 5.63. The first-order valence-corrected chi connectivity index (χ1v) is 6.86. The number of phenolic OH excluding ortho intramolecular Hbond substituents is 1. The average Bonchev–Trinajstić information content (AvgIpc) is 3.02. The number of carbonyl (C=O) groups excluding carboxylic acids is 1. The molecule has 1 atom stereocenters. The first-order valence-electron chi connectivity index (χ1n) is 6.86. The van der Waals surface area contributed by atoms with E-state index in [0.717, 1.165) is 11.3 Å². The molecule has 1 saturated carbocycles. The van der Waals surface area contributed by atoms with Gasteiger partial charge in [-0.1, -0.05) is 13.8 Å². The van der Waals surface area contributed by atoms with Crippen LogP contribution in [0.3, 0.4) is 0 Å². The van der Waals surface area contributed by atoms with E-state index in [0.29, 0.717) is 18.2 Å². The Morgan fingerprint density at radius 1 is 1.33 bits per heavy atom. The van der Waals surface area contributed by atoms with Gasteiger partial charge in [-0.15, -0.1) is 0 Å². The van der Waals surface area contributed by atoms with E-state index in [1.165, 1.54) is 24.3 Å². The lowest BCUT2D eigenvalue weighted by atomic mass is 10.1. The van der Waals surface area contributed by atoms with Crippen LogP contribution in [0, 0.1) is 11.3 Å². The van der Waals surface area contributed by atoms with Crippen LogP contribution in [-0.2, 0) is 4.79 Å². The number of nitrogens with one attached hydrogen (secondary N) is 1. The summed E-state index contributed by atoms with van der Waals surface area (Å²) in [6, 6.07) is 5.42. The minimum absolute atomic E-state index is 0.0640. The van der Waals surface area contributed by atoms with Crippen LogP contribution in [0.1, 0.15) is 20.3 Å². The van der Waals surface area contributed by atoms with E-state index in [2.05, 4.69) is 19.2 Å². The first-order chi connectivity index (χ1) is 9.79. The molecule has 0 aliphatic heterocycles. The SMILES string of the molecule is CC1(C)CC1CNC(=O)N(CC(=O)O)c1ccc(O)cc1. The van der Waals surface area contributed by atoms with Crippen molar-refractivity contribution < 1.29 is 19.8 Å². The van der Waals surface area contributed by atoms with Gasteiger partial charge in [0.05, 0.1) is 0 Å². The van der Waals surface area contributed by atoms with E-state index in [1.54, 1.807) is 0 Å². The van der Waals surface area contributed by atoms with E-state index in [9.17, 15) is 14.7 Å². The molecular weight excluding hydrogens is 272 g/mol. The molecule has 114 valence electrons. The van der Waals surface area contributed by atoms with Crippen LogP contribution in [0.2, 0.25) is 0 Å². The van der Waals surface area contributed by atoms with Gasteiger partial charge in [-0.2, -0.15) is 0 Å².